The van der Waals surface area contributed by atoms with Crippen molar-refractivity contribution >= 4 is 10.1 Å². The van der Waals surface area contributed by atoms with E-state index in [1.165, 1.54) is 0 Å². The van der Waals surface area contributed by atoms with E-state index in [0.29, 0.717) is 6.10 Å². The molecule has 0 saturated carbocycles. The minimum Gasteiger partial charge on any atom is -0.373 e. The van der Waals surface area contributed by atoms with Gasteiger partial charge in [0.25, 0.3) is 10.1 Å². The number of aryl methyl sites for hydroxylation is 1. The van der Waals surface area contributed by atoms with E-state index in [1.807, 2.05) is 6.92 Å². The van der Waals surface area contributed by atoms with Crippen molar-refractivity contribution in [1.82, 2.24) is 0 Å². The first-order chi connectivity index (χ1) is 8.58. The maximum absolute atomic E-state index is 11.8. The quantitative estimate of drug-likeness (QED) is 0.433. The van der Waals surface area contributed by atoms with E-state index in [2.05, 4.69) is 0 Å². The Morgan fingerprint density at radius 2 is 1.94 bits per heavy atom. The third-order valence-electron chi connectivity index (χ3n) is 2.87. The number of rotatable bonds is 7. The molecule has 0 aromatic heterocycles. The summed E-state index contributed by atoms with van der Waals surface area (Å²) >= 11 is 0. The number of hydrogen-bond donors (Lipinski definition) is 0. The molecule has 5 heteroatoms. The molecule has 0 amide bonds. The Morgan fingerprint density at radius 3 is 2.56 bits per heavy atom. The van der Waals surface area contributed by atoms with Crippen molar-refractivity contribution in [1.29, 1.82) is 0 Å². The first-order valence-electron chi connectivity index (χ1n) is 6.16. The van der Waals surface area contributed by atoms with Gasteiger partial charge in [0.05, 0.1) is 24.2 Å². The van der Waals surface area contributed by atoms with Crippen LogP contribution >= 0.6 is 0 Å². The third kappa shape index (κ3) is 4.08. The van der Waals surface area contributed by atoms with Crippen LogP contribution in [0.1, 0.15) is 24.8 Å². The molecule has 2 rings (SSSR count). The Kier molecular flexibility index (Phi) is 4.37. The van der Waals surface area contributed by atoms with Gasteiger partial charge >= 0.3 is 0 Å². The SMILES string of the molecule is Cc1ccc(S(=O)(=O)OCCCCC2CO2)cc1. The van der Waals surface area contributed by atoms with Crippen molar-refractivity contribution in [3.63, 3.8) is 0 Å². The summed E-state index contributed by atoms with van der Waals surface area (Å²) in [5.74, 6) is 0. The van der Waals surface area contributed by atoms with Gasteiger partial charge in [-0.1, -0.05) is 17.7 Å². The maximum atomic E-state index is 11.8. The second-order valence-electron chi connectivity index (χ2n) is 4.54. The van der Waals surface area contributed by atoms with Crippen LogP contribution < -0.4 is 0 Å². The molecule has 1 unspecified atom stereocenters. The van der Waals surface area contributed by atoms with Crippen molar-refractivity contribution in [3.05, 3.63) is 29.8 Å². The van der Waals surface area contributed by atoms with E-state index in [9.17, 15) is 8.42 Å². The second-order valence-corrected chi connectivity index (χ2v) is 6.16. The molecule has 1 aliphatic rings. The van der Waals surface area contributed by atoms with Crippen LogP contribution in [-0.2, 0) is 19.0 Å². The lowest BCUT2D eigenvalue weighted by Crippen LogP contribution is -2.07. The van der Waals surface area contributed by atoms with Crippen LogP contribution in [0, 0.1) is 6.92 Å². The van der Waals surface area contributed by atoms with Crippen LogP contribution in [0.3, 0.4) is 0 Å². The zero-order valence-corrected chi connectivity index (χ0v) is 11.3. The number of hydrogen-bond acceptors (Lipinski definition) is 4. The fourth-order valence-electron chi connectivity index (χ4n) is 1.65. The molecular formula is C13H18O4S. The summed E-state index contributed by atoms with van der Waals surface area (Å²) in [6.07, 6.45) is 3.08. The van der Waals surface area contributed by atoms with Gasteiger partial charge in [0.15, 0.2) is 0 Å². The number of benzene rings is 1. The normalized spacial score (nSPS) is 18.8. The Balaban J connectivity index is 1.77. The Labute approximate surface area is 108 Å². The predicted molar refractivity (Wildman–Crippen MR) is 67.9 cm³/mol. The third-order valence-corrected chi connectivity index (χ3v) is 4.20. The van der Waals surface area contributed by atoms with E-state index < -0.39 is 10.1 Å². The molecule has 0 N–H and O–H groups in total. The smallest absolute Gasteiger partial charge is 0.296 e. The zero-order chi connectivity index (χ0) is 13.0. The molecule has 1 saturated heterocycles. The van der Waals surface area contributed by atoms with Gasteiger partial charge in [-0.3, -0.25) is 4.18 Å². The second kappa shape index (κ2) is 5.82. The Bertz CT molecular complexity index is 474. The fraction of sp³-hybridized carbons (Fsp3) is 0.538. The largest absolute Gasteiger partial charge is 0.373 e. The first-order valence-corrected chi connectivity index (χ1v) is 7.56. The summed E-state index contributed by atoms with van der Waals surface area (Å²) in [7, 11) is -3.59. The molecule has 0 bridgehead atoms. The number of epoxide rings is 1. The molecule has 0 aliphatic carbocycles. The van der Waals surface area contributed by atoms with Crippen molar-refractivity contribution in [2.45, 2.75) is 37.2 Å². The minimum absolute atomic E-state index is 0.221. The van der Waals surface area contributed by atoms with Gasteiger partial charge < -0.3 is 4.74 Å². The summed E-state index contributed by atoms with van der Waals surface area (Å²) in [4.78, 5) is 0.221. The highest BCUT2D eigenvalue weighted by Gasteiger charge is 2.21. The fourth-order valence-corrected chi connectivity index (χ4v) is 2.59. The van der Waals surface area contributed by atoms with Gasteiger partial charge in [-0.15, -0.1) is 0 Å². The van der Waals surface area contributed by atoms with E-state index in [1.54, 1.807) is 24.3 Å². The van der Waals surface area contributed by atoms with Crippen LogP contribution in [0.4, 0.5) is 0 Å². The summed E-state index contributed by atoms with van der Waals surface area (Å²) in [6, 6.07) is 6.67. The lowest BCUT2D eigenvalue weighted by Gasteiger charge is -2.05. The van der Waals surface area contributed by atoms with Crippen LogP contribution in [0.25, 0.3) is 0 Å². The zero-order valence-electron chi connectivity index (χ0n) is 10.5. The average molecular weight is 270 g/mol. The number of ether oxygens (including phenoxy) is 1. The molecule has 1 fully saturated rings. The molecule has 1 aliphatic heterocycles. The molecule has 1 aromatic carbocycles. The highest BCUT2D eigenvalue weighted by Crippen LogP contribution is 2.17. The minimum atomic E-state index is -3.59. The van der Waals surface area contributed by atoms with E-state index in [0.717, 1.165) is 31.4 Å². The highest BCUT2D eigenvalue weighted by molar-refractivity contribution is 7.86. The van der Waals surface area contributed by atoms with E-state index in [4.69, 9.17) is 8.92 Å². The summed E-state index contributed by atoms with van der Waals surface area (Å²) in [5, 5.41) is 0. The van der Waals surface area contributed by atoms with Gasteiger partial charge in [-0.05, 0) is 38.3 Å². The van der Waals surface area contributed by atoms with Crippen LogP contribution in [0.2, 0.25) is 0 Å². The number of unbranched alkanes of at least 4 members (excludes halogenated alkanes) is 1. The van der Waals surface area contributed by atoms with Crippen molar-refractivity contribution in [2.24, 2.45) is 0 Å². The summed E-state index contributed by atoms with van der Waals surface area (Å²) in [6.45, 7) is 3.00. The van der Waals surface area contributed by atoms with Crippen LogP contribution in [0.15, 0.2) is 29.2 Å². The summed E-state index contributed by atoms with van der Waals surface area (Å²) < 4.78 is 33.7. The Morgan fingerprint density at radius 1 is 1.28 bits per heavy atom. The van der Waals surface area contributed by atoms with E-state index in [-0.39, 0.29) is 11.5 Å². The van der Waals surface area contributed by atoms with Gasteiger partial charge in [0.2, 0.25) is 0 Å². The van der Waals surface area contributed by atoms with Crippen LogP contribution in [-0.4, -0.2) is 27.7 Å². The van der Waals surface area contributed by atoms with Gasteiger partial charge in [0.1, 0.15) is 0 Å². The maximum Gasteiger partial charge on any atom is 0.296 e. The predicted octanol–water partition coefficient (Wildman–Crippen LogP) is 2.27. The van der Waals surface area contributed by atoms with Gasteiger partial charge in [0, 0.05) is 0 Å². The van der Waals surface area contributed by atoms with Gasteiger partial charge in [-0.25, -0.2) is 0 Å². The lowest BCUT2D eigenvalue weighted by atomic mass is 10.2. The lowest BCUT2D eigenvalue weighted by molar-refractivity contribution is 0.302. The molecule has 100 valence electrons. The molecular weight excluding hydrogens is 252 g/mol. The van der Waals surface area contributed by atoms with Crippen molar-refractivity contribution in [3.8, 4) is 0 Å². The van der Waals surface area contributed by atoms with Crippen LogP contribution in [0.5, 0.6) is 0 Å². The first kappa shape index (κ1) is 13.5. The van der Waals surface area contributed by atoms with Crippen molar-refractivity contribution < 1.29 is 17.3 Å². The Hall–Kier alpha value is -0.910. The molecule has 0 radical (unpaired) electrons. The summed E-state index contributed by atoms with van der Waals surface area (Å²) in [5.41, 5.74) is 1.03. The monoisotopic (exact) mass is 270 g/mol. The molecule has 1 atom stereocenters. The molecule has 1 aromatic rings. The molecule has 1 heterocycles. The average Bonchev–Trinajstić information content (AvgIpc) is 3.13. The highest BCUT2D eigenvalue weighted by atomic mass is 32.2. The molecule has 0 spiro atoms. The molecule has 18 heavy (non-hydrogen) atoms. The molecule has 4 nitrogen and oxygen atoms in total. The van der Waals surface area contributed by atoms with Gasteiger partial charge in [-0.2, -0.15) is 8.42 Å². The van der Waals surface area contributed by atoms with E-state index >= 15 is 0 Å². The topological polar surface area (TPSA) is 55.9 Å². The standard InChI is InChI=1S/C13H18O4S/c1-11-5-7-13(8-6-11)18(14,15)17-9-3-2-4-12-10-16-12/h5-8,12H,2-4,9-10H2,1H3. The van der Waals surface area contributed by atoms with Crippen molar-refractivity contribution in [2.75, 3.05) is 13.2 Å².